The van der Waals surface area contributed by atoms with E-state index in [2.05, 4.69) is 0 Å². The highest BCUT2D eigenvalue weighted by Crippen LogP contribution is 2.24. The van der Waals surface area contributed by atoms with Crippen LogP contribution in [0, 0.1) is 17.6 Å². The highest BCUT2D eigenvalue weighted by atomic mass is 32.2. The first-order valence-electron chi connectivity index (χ1n) is 6.43. The zero-order chi connectivity index (χ0) is 16.2. The van der Waals surface area contributed by atoms with Crippen molar-refractivity contribution in [1.29, 1.82) is 0 Å². The first-order valence-corrected chi connectivity index (χ1v) is 7.87. The molecule has 0 aliphatic carbocycles. The molecular formula is C13H20F2N2O3S. The summed E-state index contributed by atoms with van der Waals surface area (Å²) in [5.41, 5.74) is 5.26. The number of hydrogen-bond donors (Lipinski definition) is 1. The summed E-state index contributed by atoms with van der Waals surface area (Å²) in [4.78, 5) is -0.753. The van der Waals surface area contributed by atoms with Crippen LogP contribution in [0.1, 0.15) is 13.8 Å². The summed E-state index contributed by atoms with van der Waals surface area (Å²) < 4.78 is 58.2. The minimum atomic E-state index is -4.19. The van der Waals surface area contributed by atoms with Gasteiger partial charge < -0.3 is 10.5 Å². The summed E-state index contributed by atoms with van der Waals surface area (Å²) in [5.74, 6) is -2.69. The summed E-state index contributed by atoms with van der Waals surface area (Å²) in [6.45, 7) is 4.02. The fourth-order valence-corrected chi connectivity index (χ4v) is 3.52. The molecule has 0 heterocycles. The van der Waals surface area contributed by atoms with Gasteiger partial charge in [-0.1, -0.05) is 13.8 Å². The van der Waals surface area contributed by atoms with Gasteiger partial charge in [0.1, 0.15) is 4.90 Å². The molecule has 0 saturated carbocycles. The number of halogens is 2. The maximum absolute atomic E-state index is 13.8. The summed E-state index contributed by atoms with van der Waals surface area (Å²) >= 11 is 0. The first kappa shape index (κ1) is 17.8. The van der Waals surface area contributed by atoms with E-state index < -0.39 is 26.6 Å². The maximum atomic E-state index is 13.8. The normalized spacial score (nSPS) is 12.3. The zero-order valence-electron chi connectivity index (χ0n) is 12.3. The highest BCUT2D eigenvalue weighted by Gasteiger charge is 2.29. The molecule has 0 unspecified atom stereocenters. The number of sulfonamides is 1. The summed E-state index contributed by atoms with van der Waals surface area (Å²) in [6, 6.07) is 1.67. The van der Waals surface area contributed by atoms with E-state index in [1.54, 1.807) is 0 Å². The van der Waals surface area contributed by atoms with Crippen LogP contribution in [0.2, 0.25) is 0 Å². The molecule has 8 heteroatoms. The molecule has 1 aromatic carbocycles. The lowest BCUT2D eigenvalue weighted by atomic mass is 10.2. The minimum absolute atomic E-state index is 0.0191. The second-order valence-electron chi connectivity index (χ2n) is 5.06. The molecule has 1 rings (SSSR count). The molecule has 0 saturated heterocycles. The van der Waals surface area contributed by atoms with Crippen molar-refractivity contribution in [3.63, 3.8) is 0 Å². The molecule has 0 aliphatic heterocycles. The second-order valence-corrected chi connectivity index (χ2v) is 6.97. The van der Waals surface area contributed by atoms with Gasteiger partial charge in [0.25, 0.3) is 0 Å². The Labute approximate surface area is 123 Å². The number of nitrogens with zero attached hydrogens (tertiary/aromatic N) is 1. The standard InChI is InChI=1S/C13H20F2N2O3S/c1-9(2)8-17(4-5-20-3)21(18,19)12-7-10(16)6-11(14)13(12)15/h6-7,9H,4-5,8,16H2,1-3H3. The quantitative estimate of drug-likeness (QED) is 0.778. The van der Waals surface area contributed by atoms with Crippen molar-refractivity contribution in [3.05, 3.63) is 23.8 Å². The lowest BCUT2D eigenvalue weighted by Gasteiger charge is -2.24. The van der Waals surface area contributed by atoms with E-state index in [0.29, 0.717) is 0 Å². The summed E-state index contributed by atoms with van der Waals surface area (Å²) in [5, 5.41) is 0. The molecule has 120 valence electrons. The number of anilines is 1. The predicted molar refractivity (Wildman–Crippen MR) is 76.2 cm³/mol. The molecule has 1 aromatic rings. The zero-order valence-corrected chi connectivity index (χ0v) is 13.1. The van der Waals surface area contributed by atoms with Gasteiger partial charge in [-0.05, 0) is 18.1 Å². The molecule has 0 amide bonds. The van der Waals surface area contributed by atoms with Gasteiger partial charge in [-0.25, -0.2) is 17.2 Å². The number of nitrogens with two attached hydrogens (primary N) is 1. The van der Waals surface area contributed by atoms with Crippen LogP contribution in [0.3, 0.4) is 0 Å². The molecule has 0 spiro atoms. The minimum Gasteiger partial charge on any atom is -0.399 e. The Kier molecular flexibility index (Phi) is 6.06. The van der Waals surface area contributed by atoms with Crippen LogP contribution < -0.4 is 5.73 Å². The highest BCUT2D eigenvalue weighted by molar-refractivity contribution is 7.89. The Morgan fingerprint density at radius 1 is 1.33 bits per heavy atom. The number of nitrogen functional groups attached to an aromatic ring is 1. The van der Waals surface area contributed by atoms with Gasteiger partial charge in [-0.2, -0.15) is 4.31 Å². The fourth-order valence-electron chi connectivity index (χ4n) is 1.82. The van der Waals surface area contributed by atoms with E-state index >= 15 is 0 Å². The molecule has 0 radical (unpaired) electrons. The van der Waals surface area contributed by atoms with Gasteiger partial charge in [0, 0.05) is 25.9 Å². The van der Waals surface area contributed by atoms with Gasteiger partial charge in [0.15, 0.2) is 11.6 Å². The number of hydrogen-bond acceptors (Lipinski definition) is 4. The van der Waals surface area contributed by atoms with Crippen molar-refractivity contribution < 1.29 is 21.9 Å². The predicted octanol–water partition coefficient (Wildman–Crippen LogP) is 1.84. The molecule has 0 bridgehead atoms. The second kappa shape index (κ2) is 7.15. The van der Waals surface area contributed by atoms with Crippen LogP contribution in [0.5, 0.6) is 0 Å². The molecule has 5 nitrogen and oxygen atoms in total. The molecule has 21 heavy (non-hydrogen) atoms. The lowest BCUT2D eigenvalue weighted by molar-refractivity contribution is 0.175. The molecular weight excluding hydrogens is 302 g/mol. The third-order valence-corrected chi connectivity index (χ3v) is 4.61. The monoisotopic (exact) mass is 322 g/mol. The first-order chi connectivity index (χ1) is 9.70. The van der Waals surface area contributed by atoms with Crippen molar-refractivity contribution in [2.75, 3.05) is 32.5 Å². The van der Waals surface area contributed by atoms with E-state index in [4.69, 9.17) is 10.5 Å². The number of methoxy groups -OCH3 is 1. The molecule has 0 aliphatic rings. The molecule has 0 fully saturated rings. The number of ether oxygens (including phenoxy) is 1. The molecule has 0 aromatic heterocycles. The van der Waals surface area contributed by atoms with Crippen LogP contribution in [0.25, 0.3) is 0 Å². The lowest BCUT2D eigenvalue weighted by Crippen LogP contribution is -2.37. The third kappa shape index (κ3) is 4.36. The topological polar surface area (TPSA) is 72.6 Å². The van der Waals surface area contributed by atoms with Crippen molar-refractivity contribution in [2.45, 2.75) is 18.7 Å². The average molecular weight is 322 g/mol. The van der Waals surface area contributed by atoms with E-state index in [9.17, 15) is 17.2 Å². The third-order valence-electron chi connectivity index (χ3n) is 2.75. The van der Waals surface area contributed by atoms with Crippen molar-refractivity contribution in [1.82, 2.24) is 4.31 Å². The average Bonchev–Trinajstić information content (AvgIpc) is 2.38. The van der Waals surface area contributed by atoms with Crippen LogP contribution >= 0.6 is 0 Å². The van der Waals surface area contributed by atoms with E-state index in [1.165, 1.54) is 7.11 Å². The van der Waals surface area contributed by atoms with Crippen molar-refractivity contribution in [3.8, 4) is 0 Å². The molecule has 2 N–H and O–H groups in total. The Bertz CT molecular complexity index is 591. The summed E-state index contributed by atoms with van der Waals surface area (Å²) in [7, 11) is -2.75. The van der Waals surface area contributed by atoms with E-state index in [-0.39, 0.29) is 31.3 Å². The smallest absolute Gasteiger partial charge is 0.246 e. The van der Waals surface area contributed by atoms with Gasteiger partial charge >= 0.3 is 0 Å². The van der Waals surface area contributed by atoms with Crippen LogP contribution in [-0.4, -0.2) is 39.5 Å². The maximum Gasteiger partial charge on any atom is 0.246 e. The van der Waals surface area contributed by atoms with Crippen molar-refractivity contribution >= 4 is 15.7 Å². The Balaban J connectivity index is 3.28. The van der Waals surface area contributed by atoms with Gasteiger partial charge in [-0.3, -0.25) is 0 Å². The van der Waals surface area contributed by atoms with Crippen molar-refractivity contribution in [2.24, 2.45) is 5.92 Å². The largest absolute Gasteiger partial charge is 0.399 e. The number of benzene rings is 1. The Morgan fingerprint density at radius 3 is 2.48 bits per heavy atom. The van der Waals surface area contributed by atoms with E-state index in [0.717, 1.165) is 16.4 Å². The van der Waals surface area contributed by atoms with Crippen LogP contribution in [0.4, 0.5) is 14.5 Å². The van der Waals surface area contributed by atoms with E-state index in [1.807, 2.05) is 13.8 Å². The number of rotatable bonds is 7. The van der Waals surface area contributed by atoms with Crippen LogP contribution in [-0.2, 0) is 14.8 Å². The Morgan fingerprint density at radius 2 is 1.95 bits per heavy atom. The molecule has 0 atom stereocenters. The van der Waals surface area contributed by atoms with Gasteiger partial charge in [-0.15, -0.1) is 0 Å². The van der Waals surface area contributed by atoms with Gasteiger partial charge in [0.2, 0.25) is 10.0 Å². The summed E-state index contributed by atoms with van der Waals surface area (Å²) in [6.07, 6.45) is 0. The Hall–Kier alpha value is -1.25. The fraction of sp³-hybridized carbons (Fsp3) is 0.538. The van der Waals surface area contributed by atoms with Gasteiger partial charge in [0.05, 0.1) is 6.61 Å². The SMILES string of the molecule is COCCN(CC(C)C)S(=O)(=O)c1cc(N)cc(F)c1F. The van der Waals surface area contributed by atoms with Crippen LogP contribution in [0.15, 0.2) is 17.0 Å².